The average molecular weight is 342 g/mol. The van der Waals surface area contributed by atoms with Gasteiger partial charge in [0, 0.05) is 11.6 Å². The largest absolute Gasteiger partial charge is 0.497 e. The number of Topliss-reactive ketones (excluding diaryl/α,β-unsaturated/α-hetero) is 1. The smallest absolute Gasteiger partial charge is 0.342 e. The molecule has 0 aliphatic carbocycles. The summed E-state index contributed by atoms with van der Waals surface area (Å²) in [4.78, 5) is 24.7. The van der Waals surface area contributed by atoms with Crippen LogP contribution in [0.5, 0.6) is 11.5 Å². The Balaban J connectivity index is 2.12. The first-order valence-electron chi connectivity index (χ1n) is 7.87. The summed E-state index contributed by atoms with van der Waals surface area (Å²) in [6.45, 7) is 5.48. The monoisotopic (exact) mass is 342 g/mol. The molecule has 0 unspecified atom stereocenters. The highest BCUT2D eigenvalue weighted by molar-refractivity contribution is 6.01. The number of hydrogen-bond donors (Lipinski definition) is 0. The zero-order valence-electron chi connectivity index (χ0n) is 15.1. The van der Waals surface area contributed by atoms with E-state index in [0.29, 0.717) is 17.1 Å². The van der Waals surface area contributed by atoms with Crippen molar-refractivity contribution in [1.82, 2.24) is 0 Å². The topological polar surface area (TPSA) is 61.8 Å². The molecule has 0 atom stereocenters. The molecule has 5 nitrogen and oxygen atoms in total. The summed E-state index contributed by atoms with van der Waals surface area (Å²) in [5.41, 5.74) is 3.82. The molecule has 5 heteroatoms. The molecule has 0 aliphatic rings. The SMILES string of the molecule is COc1ccc(C(=O)OCC(=O)c2cc(C)c(C)cc2C)c(OC)c1. The number of ketones is 1. The van der Waals surface area contributed by atoms with Gasteiger partial charge < -0.3 is 14.2 Å². The van der Waals surface area contributed by atoms with Gasteiger partial charge in [-0.15, -0.1) is 0 Å². The molecule has 0 saturated carbocycles. The maximum absolute atomic E-state index is 12.4. The second-order valence-corrected chi connectivity index (χ2v) is 5.82. The van der Waals surface area contributed by atoms with Crippen LogP contribution in [-0.2, 0) is 4.74 Å². The van der Waals surface area contributed by atoms with E-state index in [1.807, 2.05) is 32.9 Å². The third-order valence-corrected chi connectivity index (χ3v) is 4.10. The third-order valence-electron chi connectivity index (χ3n) is 4.10. The van der Waals surface area contributed by atoms with Crippen LogP contribution >= 0.6 is 0 Å². The van der Waals surface area contributed by atoms with Gasteiger partial charge in [-0.3, -0.25) is 4.79 Å². The van der Waals surface area contributed by atoms with Crippen molar-refractivity contribution in [2.75, 3.05) is 20.8 Å². The molecule has 2 aromatic carbocycles. The summed E-state index contributed by atoms with van der Waals surface area (Å²) in [5, 5.41) is 0. The van der Waals surface area contributed by atoms with E-state index in [2.05, 4.69) is 0 Å². The first-order chi connectivity index (χ1) is 11.9. The van der Waals surface area contributed by atoms with E-state index in [-0.39, 0.29) is 18.0 Å². The van der Waals surface area contributed by atoms with Crippen molar-refractivity contribution in [1.29, 1.82) is 0 Å². The molecule has 2 rings (SSSR count). The molecule has 2 aromatic rings. The van der Waals surface area contributed by atoms with Gasteiger partial charge in [0.05, 0.1) is 14.2 Å². The molecule has 0 N–H and O–H groups in total. The lowest BCUT2D eigenvalue weighted by molar-refractivity contribution is 0.0471. The number of carbonyl (C=O) groups excluding carboxylic acids is 2. The Labute approximate surface area is 147 Å². The van der Waals surface area contributed by atoms with Crippen molar-refractivity contribution in [3.63, 3.8) is 0 Å². The van der Waals surface area contributed by atoms with Crippen molar-refractivity contribution < 1.29 is 23.8 Å². The maximum atomic E-state index is 12.4. The van der Waals surface area contributed by atoms with Crippen LogP contribution in [0.25, 0.3) is 0 Å². The second kappa shape index (κ2) is 7.83. The van der Waals surface area contributed by atoms with E-state index in [1.54, 1.807) is 18.2 Å². The van der Waals surface area contributed by atoms with Gasteiger partial charge in [0.1, 0.15) is 17.1 Å². The Morgan fingerprint density at radius 3 is 2.16 bits per heavy atom. The minimum atomic E-state index is -0.616. The number of rotatable bonds is 6. The van der Waals surface area contributed by atoms with Crippen LogP contribution in [0.15, 0.2) is 30.3 Å². The summed E-state index contributed by atoms with van der Waals surface area (Å²) >= 11 is 0. The fourth-order valence-corrected chi connectivity index (χ4v) is 2.51. The summed E-state index contributed by atoms with van der Waals surface area (Å²) in [6, 6.07) is 8.55. The number of benzene rings is 2. The quantitative estimate of drug-likeness (QED) is 0.592. The number of hydrogen-bond acceptors (Lipinski definition) is 5. The lowest BCUT2D eigenvalue weighted by Gasteiger charge is -2.11. The average Bonchev–Trinajstić information content (AvgIpc) is 2.61. The highest BCUT2D eigenvalue weighted by Crippen LogP contribution is 2.25. The molecular formula is C20H22O5. The Morgan fingerprint density at radius 1 is 0.840 bits per heavy atom. The minimum absolute atomic E-state index is 0.235. The van der Waals surface area contributed by atoms with Crippen molar-refractivity contribution in [3.8, 4) is 11.5 Å². The molecule has 0 aromatic heterocycles. The van der Waals surface area contributed by atoms with Gasteiger partial charge in [0.2, 0.25) is 5.78 Å². The number of aryl methyl sites for hydroxylation is 3. The van der Waals surface area contributed by atoms with Crippen LogP contribution in [0.2, 0.25) is 0 Å². The molecule has 0 fully saturated rings. The molecular weight excluding hydrogens is 320 g/mol. The van der Waals surface area contributed by atoms with Crippen molar-refractivity contribution in [2.45, 2.75) is 20.8 Å². The van der Waals surface area contributed by atoms with Crippen LogP contribution in [0.4, 0.5) is 0 Å². The maximum Gasteiger partial charge on any atom is 0.342 e. The number of carbonyl (C=O) groups is 2. The zero-order valence-corrected chi connectivity index (χ0v) is 15.1. The highest BCUT2D eigenvalue weighted by Gasteiger charge is 2.18. The molecule has 0 radical (unpaired) electrons. The van der Waals surface area contributed by atoms with Crippen LogP contribution in [-0.4, -0.2) is 32.6 Å². The first-order valence-corrected chi connectivity index (χ1v) is 7.87. The second-order valence-electron chi connectivity index (χ2n) is 5.82. The molecule has 0 bridgehead atoms. The Hall–Kier alpha value is -2.82. The number of esters is 1. The number of methoxy groups -OCH3 is 2. The molecule has 0 aliphatic heterocycles. The van der Waals surface area contributed by atoms with E-state index in [9.17, 15) is 9.59 Å². The molecule has 132 valence electrons. The molecule has 0 saturated heterocycles. The van der Waals surface area contributed by atoms with Gasteiger partial charge in [0.25, 0.3) is 0 Å². The normalized spacial score (nSPS) is 10.3. The van der Waals surface area contributed by atoms with E-state index in [4.69, 9.17) is 14.2 Å². The Morgan fingerprint density at radius 2 is 1.52 bits per heavy atom. The minimum Gasteiger partial charge on any atom is -0.497 e. The van der Waals surface area contributed by atoms with Crippen molar-refractivity contribution in [3.05, 3.63) is 58.1 Å². The summed E-state index contributed by atoms with van der Waals surface area (Å²) < 4.78 is 15.5. The van der Waals surface area contributed by atoms with E-state index in [1.165, 1.54) is 14.2 Å². The fraction of sp³-hybridized carbons (Fsp3) is 0.300. The van der Waals surface area contributed by atoms with Gasteiger partial charge in [0.15, 0.2) is 6.61 Å². The van der Waals surface area contributed by atoms with Crippen LogP contribution in [0, 0.1) is 20.8 Å². The van der Waals surface area contributed by atoms with E-state index >= 15 is 0 Å². The lowest BCUT2D eigenvalue weighted by atomic mass is 9.98. The van der Waals surface area contributed by atoms with Crippen molar-refractivity contribution in [2.24, 2.45) is 0 Å². The van der Waals surface area contributed by atoms with Gasteiger partial charge in [-0.25, -0.2) is 4.79 Å². The highest BCUT2D eigenvalue weighted by atomic mass is 16.5. The van der Waals surface area contributed by atoms with Crippen LogP contribution < -0.4 is 9.47 Å². The van der Waals surface area contributed by atoms with E-state index in [0.717, 1.165) is 16.7 Å². The first kappa shape index (κ1) is 18.5. The molecule has 0 spiro atoms. The fourth-order valence-electron chi connectivity index (χ4n) is 2.51. The Bertz CT molecular complexity index is 808. The lowest BCUT2D eigenvalue weighted by Crippen LogP contribution is -2.16. The zero-order chi connectivity index (χ0) is 18.6. The van der Waals surface area contributed by atoms with Gasteiger partial charge in [-0.05, 0) is 55.7 Å². The van der Waals surface area contributed by atoms with Gasteiger partial charge in [-0.1, -0.05) is 6.07 Å². The summed E-state index contributed by atoms with van der Waals surface area (Å²) in [6.07, 6.45) is 0. The molecule has 0 amide bonds. The predicted octanol–water partition coefficient (Wildman–Crippen LogP) is 3.67. The Kier molecular flexibility index (Phi) is 5.80. The summed E-state index contributed by atoms with van der Waals surface area (Å²) in [7, 11) is 2.98. The van der Waals surface area contributed by atoms with E-state index < -0.39 is 5.97 Å². The number of ether oxygens (including phenoxy) is 3. The van der Waals surface area contributed by atoms with Gasteiger partial charge >= 0.3 is 5.97 Å². The standard InChI is InChI=1S/C20H22O5/c1-12-8-14(3)17(9-13(12)2)18(21)11-25-20(22)16-7-6-15(23-4)10-19(16)24-5/h6-10H,11H2,1-5H3. The third kappa shape index (κ3) is 4.18. The molecule has 0 heterocycles. The van der Waals surface area contributed by atoms with Crippen LogP contribution in [0.1, 0.15) is 37.4 Å². The predicted molar refractivity (Wildman–Crippen MR) is 94.8 cm³/mol. The van der Waals surface area contributed by atoms with Crippen molar-refractivity contribution >= 4 is 11.8 Å². The van der Waals surface area contributed by atoms with Gasteiger partial charge in [-0.2, -0.15) is 0 Å². The molecule has 25 heavy (non-hydrogen) atoms. The summed E-state index contributed by atoms with van der Waals surface area (Å²) in [5.74, 6) is 0.0464. The van der Waals surface area contributed by atoms with Crippen LogP contribution in [0.3, 0.4) is 0 Å².